The maximum Gasteiger partial charge on any atom is 0.227 e. The van der Waals surface area contributed by atoms with E-state index in [0.717, 1.165) is 38.5 Å². The predicted octanol–water partition coefficient (Wildman–Crippen LogP) is 1.45. The van der Waals surface area contributed by atoms with Crippen molar-refractivity contribution >= 4 is 17.7 Å². The minimum atomic E-state index is -0.315. The maximum absolute atomic E-state index is 12.6. The van der Waals surface area contributed by atoms with Gasteiger partial charge in [0, 0.05) is 32.5 Å². The van der Waals surface area contributed by atoms with Crippen molar-refractivity contribution in [1.29, 1.82) is 0 Å². The fourth-order valence-corrected chi connectivity index (χ4v) is 4.07. The summed E-state index contributed by atoms with van der Waals surface area (Å²) in [6.07, 6.45) is 7.50. The summed E-state index contributed by atoms with van der Waals surface area (Å²) < 4.78 is 0. The van der Waals surface area contributed by atoms with Crippen molar-refractivity contribution in [3.05, 3.63) is 0 Å². The Morgan fingerprint density at radius 1 is 1.12 bits per heavy atom. The molecule has 2 N–H and O–H groups in total. The van der Waals surface area contributed by atoms with Crippen LogP contribution in [0.4, 0.5) is 0 Å². The first-order valence-electron chi connectivity index (χ1n) is 9.75. The first-order valence-corrected chi connectivity index (χ1v) is 9.75. The summed E-state index contributed by atoms with van der Waals surface area (Å²) in [5, 5.41) is 6.34. The van der Waals surface area contributed by atoms with E-state index in [0.29, 0.717) is 25.6 Å². The van der Waals surface area contributed by atoms with Crippen LogP contribution in [0.25, 0.3) is 0 Å². The van der Waals surface area contributed by atoms with Gasteiger partial charge in [0.2, 0.25) is 17.7 Å². The lowest BCUT2D eigenvalue weighted by Crippen LogP contribution is -2.62. The lowest BCUT2D eigenvalue weighted by atomic mass is 9.80. The molecule has 3 fully saturated rings. The molecule has 0 aromatic rings. The number of carbonyl (C=O) groups excluding carboxylic acids is 3. The van der Waals surface area contributed by atoms with Gasteiger partial charge in [-0.15, -0.1) is 0 Å². The van der Waals surface area contributed by atoms with Gasteiger partial charge < -0.3 is 15.5 Å². The number of hydrogen-bond donors (Lipinski definition) is 2. The van der Waals surface area contributed by atoms with Crippen LogP contribution in [-0.2, 0) is 14.4 Å². The summed E-state index contributed by atoms with van der Waals surface area (Å²) in [6, 6.07) is 0. The summed E-state index contributed by atoms with van der Waals surface area (Å²) in [5.41, 5.74) is -0.315. The second-order valence-corrected chi connectivity index (χ2v) is 8.30. The highest BCUT2D eigenvalue weighted by molar-refractivity contribution is 5.84. The molecule has 1 unspecified atom stereocenters. The van der Waals surface area contributed by atoms with E-state index < -0.39 is 0 Å². The SMILES string of the molecule is CC(=O)N1CC(C(=O)NC2(CNC(=O)C(C)C3CC3)CCCCC2)C1. The predicted molar refractivity (Wildman–Crippen MR) is 94.6 cm³/mol. The Labute approximate surface area is 150 Å². The van der Waals surface area contributed by atoms with Crippen molar-refractivity contribution in [1.82, 2.24) is 15.5 Å². The number of nitrogens with zero attached hydrogens (tertiary/aromatic N) is 1. The topological polar surface area (TPSA) is 78.5 Å². The van der Waals surface area contributed by atoms with E-state index in [-0.39, 0.29) is 35.1 Å². The molecule has 1 heterocycles. The van der Waals surface area contributed by atoms with Crippen LogP contribution in [0.15, 0.2) is 0 Å². The number of likely N-dealkylation sites (tertiary alicyclic amines) is 1. The molecule has 0 aromatic heterocycles. The quantitative estimate of drug-likeness (QED) is 0.762. The molecule has 1 saturated heterocycles. The summed E-state index contributed by atoms with van der Waals surface area (Å²) >= 11 is 0. The van der Waals surface area contributed by atoms with Crippen LogP contribution >= 0.6 is 0 Å². The van der Waals surface area contributed by atoms with Gasteiger partial charge in [-0.2, -0.15) is 0 Å². The van der Waals surface area contributed by atoms with Gasteiger partial charge in [0.05, 0.1) is 11.5 Å². The smallest absolute Gasteiger partial charge is 0.227 e. The molecule has 2 saturated carbocycles. The molecule has 6 nitrogen and oxygen atoms in total. The zero-order valence-electron chi connectivity index (χ0n) is 15.5. The van der Waals surface area contributed by atoms with Gasteiger partial charge in [-0.1, -0.05) is 26.2 Å². The highest BCUT2D eigenvalue weighted by Crippen LogP contribution is 2.36. The van der Waals surface area contributed by atoms with E-state index >= 15 is 0 Å². The van der Waals surface area contributed by atoms with Gasteiger partial charge in [-0.25, -0.2) is 0 Å². The third-order valence-electron chi connectivity index (χ3n) is 6.24. The second kappa shape index (κ2) is 7.34. The van der Waals surface area contributed by atoms with Gasteiger partial charge in [-0.3, -0.25) is 14.4 Å². The van der Waals surface area contributed by atoms with Crippen LogP contribution in [0.1, 0.15) is 58.8 Å². The highest BCUT2D eigenvalue weighted by atomic mass is 16.2. The van der Waals surface area contributed by atoms with Crippen molar-refractivity contribution in [2.24, 2.45) is 17.8 Å². The minimum Gasteiger partial charge on any atom is -0.354 e. The number of nitrogens with one attached hydrogen (secondary N) is 2. The Kier molecular flexibility index (Phi) is 5.35. The van der Waals surface area contributed by atoms with Gasteiger partial charge in [0.25, 0.3) is 0 Å². The van der Waals surface area contributed by atoms with E-state index in [1.165, 1.54) is 13.3 Å². The standard InChI is InChI=1S/C19H31N3O3/c1-13(15-6-7-15)17(24)20-12-19(8-4-3-5-9-19)21-18(25)16-10-22(11-16)14(2)23/h13,15-16H,3-12H2,1-2H3,(H,20,24)(H,21,25). The molecule has 3 aliphatic rings. The fraction of sp³-hybridized carbons (Fsp3) is 0.842. The normalized spacial score (nSPS) is 24.2. The van der Waals surface area contributed by atoms with Crippen molar-refractivity contribution in [2.75, 3.05) is 19.6 Å². The fourth-order valence-electron chi connectivity index (χ4n) is 4.07. The van der Waals surface area contributed by atoms with Crippen molar-refractivity contribution < 1.29 is 14.4 Å². The Hall–Kier alpha value is -1.59. The Morgan fingerprint density at radius 2 is 1.76 bits per heavy atom. The zero-order chi connectivity index (χ0) is 18.0. The second-order valence-electron chi connectivity index (χ2n) is 8.30. The monoisotopic (exact) mass is 349 g/mol. The van der Waals surface area contributed by atoms with Gasteiger partial charge in [0.1, 0.15) is 0 Å². The average Bonchev–Trinajstić information content (AvgIpc) is 3.35. The number of rotatable bonds is 6. The zero-order valence-corrected chi connectivity index (χ0v) is 15.5. The first-order chi connectivity index (χ1) is 11.9. The Bertz CT molecular complexity index is 532. The van der Waals surface area contributed by atoms with Crippen LogP contribution in [0.5, 0.6) is 0 Å². The Morgan fingerprint density at radius 3 is 2.32 bits per heavy atom. The number of carbonyl (C=O) groups is 3. The molecule has 2 aliphatic carbocycles. The third-order valence-corrected chi connectivity index (χ3v) is 6.24. The van der Waals surface area contributed by atoms with Crippen LogP contribution in [0.2, 0.25) is 0 Å². The molecule has 140 valence electrons. The molecular weight excluding hydrogens is 318 g/mol. The molecule has 25 heavy (non-hydrogen) atoms. The van der Waals surface area contributed by atoms with E-state index in [4.69, 9.17) is 0 Å². The number of hydrogen-bond acceptors (Lipinski definition) is 3. The summed E-state index contributed by atoms with van der Waals surface area (Å²) in [6.45, 7) is 5.10. The van der Waals surface area contributed by atoms with E-state index in [1.807, 2.05) is 6.92 Å². The van der Waals surface area contributed by atoms with Crippen molar-refractivity contribution in [3.63, 3.8) is 0 Å². The molecule has 6 heteroatoms. The van der Waals surface area contributed by atoms with Gasteiger partial charge >= 0.3 is 0 Å². The van der Waals surface area contributed by atoms with Crippen LogP contribution in [-0.4, -0.2) is 47.8 Å². The van der Waals surface area contributed by atoms with E-state index in [2.05, 4.69) is 10.6 Å². The van der Waals surface area contributed by atoms with Crippen molar-refractivity contribution in [3.8, 4) is 0 Å². The molecule has 0 radical (unpaired) electrons. The molecule has 3 amide bonds. The molecule has 3 rings (SSSR count). The average molecular weight is 349 g/mol. The van der Waals surface area contributed by atoms with Crippen LogP contribution < -0.4 is 10.6 Å². The minimum absolute atomic E-state index is 0.0257. The van der Waals surface area contributed by atoms with Crippen LogP contribution in [0.3, 0.4) is 0 Å². The molecule has 0 aromatic carbocycles. The van der Waals surface area contributed by atoms with E-state index in [9.17, 15) is 14.4 Å². The van der Waals surface area contributed by atoms with Crippen LogP contribution in [0, 0.1) is 17.8 Å². The third kappa shape index (κ3) is 4.33. The first kappa shape index (κ1) is 18.2. The highest BCUT2D eigenvalue weighted by Gasteiger charge is 2.40. The largest absolute Gasteiger partial charge is 0.354 e. The maximum atomic E-state index is 12.6. The summed E-state index contributed by atoms with van der Waals surface area (Å²) in [4.78, 5) is 37.9. The Balaban J connectivity index is 1.54. The molecule has 0 bridgehead atoms. The molecule has 1 aliphatic heterocycles. The molecular formula is C19H31N3O3. The number of amides is 3. The molecule has 1 atom stereocenters. The lowest BCUT2D eigenvalue weighted by molar-refractivity contribution is -0.142. The van der Waals surface area contributed by atoms with Crippen molar-refractivity contribution in [2.45, 2.75) is 64.3 Å². The van der Waals surface area contributed by atoms with E-state index in [1.54, 1.807) is 4.90 Å². The molecule has 0 spiro atoms. The van der Waals surface area contributed by atoms with Gasteiger partial charge in [0.15, 0.2) is 0 Å². The summed E-state index contributed by atoms with van der Waals surface area (Å²) in [7, 11) is 0. The summed E-state index contributed by atoms with van der Waals surface area (Å²) in [5.74, 6) is 0.690. The van der Waals surface area contributed by atoms with Gasteiger partial charge in [-0.05, 0) is 31.6 Å². The lowest BCUT2D eigenvalue weighted by Gasteiger charge is -2.43.